The molecule has 11 nitrogen and oxygen atoms in total. The number of aldehydes is 1. The molecule has 29 heteroatoms. The number of nitriles is 2. The molecule has 2 atom stereocenters. The molecular weight excluding hydrogens is 1660 g/mol. The first-order valence-corrected chi connectivity index (χ1v) is 37.0. The number of nitrogens with one attached hydrogen (secondary N) is 1. The van der Waals surface area contributed by atoms with Gasteiger partial charge in [-0.25, -0.2) is 48.7 Å². The second-order valence-corrected chi connectivity index (χ2v) is 26.2. The van der Waals surface area contributed by atoms with Crippen LogP contribution in [0.15, 0.2) is 223 Å². The molecule has 0 heterocycles. The van der Waals surface area contributed by atoms with Crippen molar-refractivity contribution in [3.05, 3.63) is 366 Å². The average Bonchev–Trinajstić information content (AvgIpc) is 0.841. The van der Waals surface area contributed by atoms with Crippen molar-refractivity contribution >= 4 is 84.6 Å². The summed E-state index contributed by atoms with van der Waals surface area (Å²) >= 11 is 16.7. The Morgan fingerprint density at radius 2 is 0.938 bits per heavy atom. The Kier molecular flexibility index (Phi) is 57.9. The molecule has 0 aliphatic carbocycles. The van der Waals surface area contributed by atoms with Crippen molar-refractivity contribution in [3.8, 4) is 12.1 Å². The van der Waals surface area contributed by atoms with Gasteiger partial charge in [0.1, 0.15) is 76.7 Å². The van der Waals surface area contributed by atoms with Gasteiger partial charge in [-0.1, -0.05) is 139 Å². The second-order valence-electron chi connectivity index (χ2n) is 21.9. The third kappa shape index (κ3) is 38.3. The molecule has 10 aromatic carbocycles. The quantitative estimate of drug-likeness (QED) is 0.0102. The summed E-state index contributed by atoms with van der Waals surface area (Å²) in [6.45, 7) is 12.7. The summed E-state index contributed by atoms with van der Waals surface area (Å²) in [5.74, 6) is -4.00. The fourth-order valence-corrected chi connectivity index (χ4v) is 11.3. The fourth-order valence-electron chi connectivity index (χ4n) is 9.60. The third-order valence-corrected chi connectivity index (χ3v) is 17.4. The van der Waals surface area contributed by atoms with Crippen LogP contribution in [-0.4, -0.2) is 56.8 Å². The van der Waals surface area contributed by atoms with E-state index in [9.17, 15) is 63.2 Å². The van der Waals surface area contributed by atoms with E-state index in [4.69, 9.17) is 62.2 Å². The zero-order chi connectivity index (χ0) is 80.9. The Morgan fingerprint density at radius 1 is 0.562 bits per heavy atom. The number of halogens is 14. The monoisotopic (exact) mass is 1740 g/mol. The number of carbonyl (C=O) groups is 2. The van der Waals surface area contributed by atoms with E-state index in [1.54, 1.807) is 114 Å². The van der Waals surface area contributed by atoms with Gasteiger partial charge in [0.2, 0.25) is 0 Å². The zero-order valence-electron chi connectivity index (χ0n) is 61.7. The van der Waals surface area contributed by atoms with E-state index in [1.165, 1.54) is 140 Å². The first-order chi connectivity index (χ1) is 51.5. The molecule has 3 radical (unpaired) electrons. The molecule has 112 heavy (non-hydrogen) atoms. The molecule has 10 rings (SSSR count). The maximum atomic E-state index is 13.7. The Bertz CT molecular complexity index is 4710. The molecule has 0 spiro atoms. The number of hydrogen-bond donors (Lipinski definition) is 2. The molecule has 10 aromatic rings. The normalized spacial score (nSPS) is 10.4. The van der Waals surface area contributed by atoms with Crippen molar-refractivity contribution in [2.24, 2.45) is 0 Å². The molecule has 2 N–H and O–H groups in total. The van der Waals surface area contributed by atoms with Gasteiger partial charge in [0.05, 0.1) is 30.7 Å². The van der Waals surface area contributed by atoms with E-state index in [1.807, 2.05) is 18.2 Å². The number of ketones is 1. The number of alkyl halides is 2. The summed E-state index contributed by atoms with van der Waals surface area (Å²) in [7, 11) is -3.08. The van der Waals surface area contributed by atoms with Crippen molar-refractivity contribution in [2.45, 2.75) is 74.3 Å². The summed E-state index contributed by atoms with van der Waals surface area (Å²) in [6.07, 6.45) is 1.43. The molecule has 2 unspecified atom stereocenters. The van der Waals surface area contributed by atoms with E-state index in [-0.39, 0.29) is 128 Å². The molecule has 0 saturated carbocycles. The molecule has 0 amide bonds. The van der Waals surface area contributed by atoms with E-state index >= 15 is 0 Å². The summed E-state index contributed by atoms with van der Waals surface area (Å²) in [4.78, 5) is 24.8. The van der Waals surface area contributed by atoms with Crippen molar-refractivity contribution in [1.29, 1.82) is 10.5 Å². The predicted molar refractivity (Wildman–Crippen MR) is 419 cm³/mol. The van der Waals surface area contributed by atoms with Crippen molar-refractivity contribution < 1.29 is 124 Å². The molecule has 0 saturated heterocycles. The number of aliphatic hydroxyl groups excluding tert-OH is 1. The van der Waals surface area contributed by atoms with Crippen molar-refractivity contribution in [3.63, 3.8) is 0 Å². The molecule has 0 aliphatic heterocycles. The first-order valence-electron chi connectivity index (χ1n) is 32.1. The Balaban J connectivity index is -0.00000123. The van der Waals surface area contributed by atoms with Crippen LogP contribution in [0.3, 0.4) is 0 Å². The number of aliphatic hydroxyl groups is 1. The van der Waals surface area contributed by atoms with E-state index in [0.717, 1.165) is 21.7 Å². The van der Waals surface area contributed by atoms with Crippen LogP contribution in [-0.2, 0) is 36.1 Å². The third-order valence-electron chi connectivity index (χ3n) is 14.9. The molecular formula is C83H81BBrCl3F10MnN3NaO8P. The number of benzene rings is 10. The van der Waals surface area contributed by atoms with Gasteiger partial charge >= 0.3 is 59.6 Å². The molecule has 590 valence electrons. The standard InChI is InChI=1S/C16H16ClF2N.C16H11F2N.C14H12F2O.C14H10F2O.C8H7FO.C6H4BrF.C6H12NO3P.CH2Cl2.CH4.CH3.B.Mn.Na.2O/c1-11-14(6-3-7-16(11)19)15(8-9-20-17)12-4-2-5-13(18)10-12;1-11-14(6-3-7-16(11)18)15(8-9-19)12-4-2-5-13(17)10-12;2*1-9-12(6-3-7-13(9)16)14(17)10-4-2-5-11(15)8-10;1-6-7(5-10)3-2-4-8(6)9;7-5-2-1-3-6(8)4-5;1-3-9-11(8,6-5-7)10-4-2;2-1-3;;;;;;;/h2-7,10,15,20H,8-9H2,1H3;2-8,10H,1H3;2-8,14,17H,1H3;2-8H,1H3;2-5H,1H3;1-4H;3-4,6H2,1-2H3;1H2;1H4;1H3;;;;;/q;;;;;;;;;-1;;;+1;;/b;15-8-;;;;;;;;;;;;;. The van der Waals surface area contributed by atoms with E-state index < -0.39 is 51.8 Å². The SMILES string of the molecule is C.CCOP(=O)(CC#N)OCC.Cc1c(F)cccc1/C(=C\C#N)c1cccc(F)c1.Cc1c(F)cccc1C(=O)c1cccc(F)c1.Cc1c(F)cccc1C(CCNCl)c1cccc(F)c1.Cc1c(F)cccc1C(O)c1cccc(F)c1.Cc1c(F)cccc1C=O.ClCCl.Fc1cccc(Br)c1.[B].[CH3-].[Na+].[O]=[Mn]=[O]. The Morgan fingerprint density at radius 3 is 1.37 bits per heavy atom. The maximum absolute atomic E-state index is 13.7. The molecule has 0 aromatic heterocycles. The summed E-state index contributed by atoms with van der Waals surface area (Å²) in [5, 5.41) is 27.4. The van der Waals surface area contributed by atoms with Gasteiger partial charge in [-0.2, -0.15) is 10.5 Å². The first kappa shape index (κ1) is 108. The predicted octanol–water partition coefficient (Wildman–Crippen LogP) is 20.8. The van der Waals surface area contributed by atoms with Gasteiger partial charge in [-0.05, 0) is 230 Å². The van der Waals surface area contributed by atoms with Crippen LogP contribution in [0.1, 0.15) is 127 Å². The van der Waals surface area contributed by atoms with E-state index in [0.29, 0.717) is 88.1 Å². The molecule has 0 fully saturated rings. The van der Waals surface area contributed by atoms with Crippen molar-refractivity contribution in [1.82, 2.24) is 4.84 Å². The number of hydrogen-bond acceptors (Lipinski definition) is 11. The van der Waals surface area contributed by atoms with Gasteiger partial charge in [-0.3, -0.25) is 14.2 Å². The molecule has 0 bridgehead atoms. The Hall–Kier alpha value is -7.84. The Labute approximate surface area is 702 Å². The van der Waals surface area contributed by atoms with Crippen LogP contribution in [0.5, 0.6) is 0 Å². The van der Waals surface area contributed by atoms with Crippen LogP contribution in [0.25, 0.3) is 5.57 Å². The number of nitrogens with zero attached hydrogens (tertiary/aromatic N) is 2. The summed E-state index contributed by atoms with van der Waals surface area (Å²) < 4.78 is 170. The topological polar surface area (TPSA) is 184 Å². The van der Waals surface area contributed by atoms with Gasteiger partial charge in [-0.15, -0.1) is 23.2 Å². The zero-order valence-corrected chi connectivity index (χ0v) is 69.6. The van der Waals surface area contributed by atoms with Crippen LogP contribution in [0, 0.1) is 123 Å². The number of carbonyl (C=O) groups excluding carboxylic acids is 2. The van der Waals surface area contributed by atoms with Crippen LogP contribution in [0.2, 0.25) is 0 Å². The average molecular weight is 1740 g/mol. The summed E-state index contributed by atoms with van der Waals surface area (Å²) in [6, 6.07) is 56.2. The minimum absolute atomic E-state index is 0. The second kappa shape index (κ2) is 59.8. The van der Waals surface area contributed by atoms with Gasteiger partial charge < -0.3 is 21.6 Å². The van der Waals surface area contributed by atoms with E-state index in [2.05, 4.69) is 20.8 Å². The van der Waals surface area contributed by atoms with Gasteiger partial charge in [0.15, 0.2) is 5.78 Å². The van der Waals surface area contributed by atoms with Gasteiger partial charge in [0, 0.05) is 48.1 Å². The minimum atomic E-state index is -3.08. The van der Waals surface area contributed by atoms with Gasteiger partial charge in [0.25, 0.3) is 0 Å². The number of rotatable bonds is 17. The van der Waals surface area contributed by atoms with Crippen LogP contribution < -0.4 is 34.4 Å². The van der Waals surface area contributed by atoms with Crippen LogP contribution >= 0.6 is 58.5 Å². The molecule has 0 aliphatic rings. The van der Waals surface area contributed by atoms with Crippen LogP contribution in [0.4, 0.5) is 43.9 Å². The van der Waals surface area contributed by atoms with Crippen molar-refractivity contribution in [2.75, 3.05) is 31.3 Å². The summed E-state index contributed by atoms with van der Waals surface area (Å²) in [5.41, 5.74) is 7.21. The number of allylic oxidation sites excluding steroid dienone is 1. The fraction of sp³-hybridized carbons (Fsp3) is 0.193.